The lowest BCUT2D eigenvalue weighted by Gasteiger charge is -2.37. The van der Waals surface area contributed by atoms with Gasteiger partial charge in [0, 0.05) is 58.2 Å². The Morgan fingerprint density at radius 1 is 1.39 bits per heavy atom. The molecule has 0 aliphatic carbocycles. The number of hydrogen-bond donors (Lipinski definition) is 1. The van der Waals surface area contributed by atoms with Gasteiger partial charge in [0.25, 0.3) is 0 Å². The van der Waals surface area contributed by atoms with E-state index in [0.717, 1.165) is 26.2 Å². The Balaban J connectivity index is 1.50. The third-order valence-corrected chi connectivity index (χ3v) is 4.91. The fourth-order valence-corrected chi connectivity index (χ4v) is 3.44. The quantitative estimate of drug-likeness (QED) is 0.835. The van der Waals surface area contributed by atoms with Crippen molar-refractivity contribution in [1.82, 2.24) is 19.9 Å². The van der Waals surface area contributed by atoms with Gasteiger partial charge in [0.1, 0.15) is 5.76 Å². The van der Waals surface area contributed by atoms with E-state index >= 15 is 0 Å². The summed E-state index contributed by atoms with van der Waals surface area (Å²) in [6.45, 7) is 4.90. The summed E-state index contributed by atoms with van der Waals surface area (Å²) in [5.41, 5.74) is 0. The number of β-amino-alcohol motifs (C(OH)–C–C–N with tert-alkyl or cyclic N) is 1. The monoisotopic (exact) mass is 342 g/mol. The maximum absolute atomic E-state index is 12.3. The van der Waals surface area contributed by atoms with Gasteiger partial charge in [-0.25, -0.2) is 0 Å². The van der Waals surface area contributed by atoms with Crippen LogP contribution in [0.15, 0.2) is 10.6 Å². The zero-order valence-corrected chi connectivity index (χ0v) is 14.1. The van der Waals surface area contributed by atoms with Crippen LogP contribution in [0.4, 0.5) is 0 Å². The van der Waals surface area contributed by atoms with Crippen molar-refractivity contribution in [3.63, 3.8) is 0 Å². The van der Waals surface area contributed by atoms with Crippen molar-refractivity contribution in [3.05, 3.63) is 17.0 Å². The molecule has 1 N–H and O–H groups in total. The molecular weight excluding hydrogens is 320 g/mol. The normalized spacial score (nSPS) is 26.8. The molecule has 1 amide bonds. The van der Waals surface area contributed by atoms with Gasteiger partial charge in [0.2, 0.25) is 5.91 Å². The highest BCUT2D eigenvalue weighted by atomic mass is 35.5. The molecule has 0 unspecified atom stereocenters. The highest BCUT2D eigenvalue weighted by molar-refractivity contribution is 6.29. The van der Waals surface area contributed by atoms with Gasteiger partial charge in [0.15, 0.2) is 5.15 Å². The minimum Gasteiger partial charge on any atom is -0.390 e. The first-order valence-corrected chi connectivity index (χ1v) is 8.40. The van der Waals surface area contributed by atoms with Gasteiger partial charge in [-0.05, 0) is 7.05 Å². The van der Waals surface area contributed by atoms with Gasteiger partial charge in [0.05, 0.1) is 12.1 Å². The number of aromatic nitrogens is 1. The first-order valence-electron chi connectivity index (χ1n) is 8.02. The van der Waals surface area contributed by atoms with Crippen LogP contribution in [0.25, 0.3) is 0 Å². The average Bonchev–Trinajstić information content (AvgIpc) is 3.12. The molecular formula is C15H23ClN4O3. The summed E-state index contributed by atoms with van der Waals surface area (Å²) < 4.78 is 5.01. The largest absolute Gasteiger partial charge is 0.390 e. The summed E-state index contributed by atoms with van der Waals surface area (Å²) in [4.78, 5) is 18.7. The number of amides is 1. The zero-order valence-electron chi connectivity index (χ0n) is 13.3. The van der Waals surface area contributed by atoms with E-state index in [-0.39, 0.29) is 11.9 Å². The zero-order chi connectivity index (χ0) is 16.4. The van der Waals surface area contributed by atoms with Crippen LogP contribution in [0.2, 0.25) is 5.15 Å². The van der Waals surface area contributed by atoms with Gasteiger partial charge in [-0.1, -0.05) is 16.8 Å². The smallest absolute Gasteiger partial charge is 0.223 e. The van der Waals surface area contributed by atoms with E-state index in [9.17, 15) is 9.90 Å². The Hall–Kier alpha value is -1.15. The topological polar surface area (TPSA) is 73.0 Å². The first kappa shape index (κ1) is 16.7. The number of hydrogen-bond acceptors (Lipinski definition) is 6. The summed E-state index contributed by atoms with van der Waals surface area (Å²) in [6.07, 6.45) is 0.347. The van der Waals surface area contributed by atoms with Crippen LogP contribution in [-0.2, 0) is 11.2 Å². The van der Waals surface area contributed by atoms with E-state index in [1.165, 1.54) is 0 Å². The van der Waals surface area contributed by atoms with Crippen molar-refractivity contribution in [2.75, 3.05) is 46.3 Å². The number of nitrogens with zero attached hydrogens (tertiary/aromatic N) is 4. The van der Waals surface area contributed by atoms with E-state index < -0.39 is 6.10 Å². The molecule has 1 aromatic heterocycles. The molecule has 23 heavy (non-hydrogen) atoms. The standard InChI is InChI=1S/C15H23ClN4O3/c1-18-4-6-19(7-5-18)12-9-20(10-13(12)21)15(22)3-2-11-8-14(16)17-23-11/h8,12-13,21H,2-7,9-10H2,1H3/t12-,13-/m1/s1. The highest BCUT2D eigenvalue weighted by Crippen LogP contribution is 2.19. The number of aryl methyl sites for hydroxylation is 1. The van der Waals surface area contributed by atoms with E-state index in [1.54, 1.807) is 11.0 Å². The molecule has 0 saturated carbocycles. The van der Waals surface area contributed by atoms with Gasteiger partial charge < -0.3 is 19.4 Å². The van der Waals surface area contributed by atoms with Crippen molar-refractivity contribution in [2.45, 2.75) is 25.0 Å². The Morgan fingerprint density at radius 3 is 2.78 bits per heavy atom. The van der Waals surface area contributed by atoms with E-state index in [0.29, 0.717) is 36.8 Å². The van der Waals surface area contributed by atoms with Crippen LogP contribution >= 0.6 is 11.6 Å². The second kappa shape index (κ2) is 7.17. The average molecular weight is 343 g/mol. The van der Waals surface area contributed by atoms with Crippen LogP contribution < -0.4 is 0 Å². The Bertz CT molecular complexity index is 545. The second-order valence-electron chi connectivity index (χ2n) is 6.39. The first-order chi connectivity index (χ1) is 11.0. The predicted octanol–water partition coefficient (Wildman–Crippen LogP) is 0.0797. The van der Waals surface area contributed by atoms with Gasteiger partial charge >= 0.3 is 0 Å². The summed E-state index contributed by atoms with van der Waals surface area (Å²) in [5.74, 6) is 0.645. The van der Waals surface area contributed by atoms with Crippen molar-refractivity contribution in [3.8, 4) is 0 Å². The number of aliphatic hydroxyl groups excluding tert-OH is 1. The molecule has 0 spiro atoms. The molecule has 1 aromatic rings. The van der Waals surface area contributed by atoms with Crippen LogP contribution in [0, 0.1) is 0 Å². The molecule has 0 aromatic carbocycles. The summed E-state index contributed by atoms with van der Waals surface area (Å²) >= 11 is 5.70. The van der Waals surface area contributed by atoms with Gasteiger partial charge in [-0.15, -0.1) is 0 Å². The molecule has 0 radical (unpaired) electrons. The molecule has 8 heteroatoms. The minimum atomic E-state index is -0.470. The van der Waals surface area contributed by atoms with Crippen LogP contribution in [-0.4, -0.2) is 89.3 Å². The van der Waals surface area contributed by atoms with Crippen molar-refractivity contribution < 1.29 is 14.4 Å². The predicted molar refractivity (Wildman–Crippen MR) is 85.3 cm³/mol. The molecule has 2 aliphatic rings. The molecule has 2 fully saturated rings. The van der Waals surface area contributed by atoms with E-state index in [4.69, 9.17) is 16.1 Å². The lowest BCUT2D eigenvalue weighted by atomic mass is 10.1. The molecule has 3 heterocycles. The van der Waals surface area contributed by atoms with Crippen LogP contribution in [0.5, 0.6) is 0 Å². The van der Waals surface area contributed by atoms with Crippen LogP contribution in [0.1, 0.15) is 12.2 Å². The lowest BCUT2D eigenvalue weighted by Crippen LogP contribution is -2.52. The van der Waals surface area contributed by atoms with Gasteiger partial charge in [-0.2, -0.15) is 0 Å². The maximum Gasteiger partial charge on any atom is 0.223 e. The molecule has 0 bridgehead atoms. The number of halogens is 1. The Kier molecular flexibility index (Phi) is 5.21. The number of carbonyl (C=O) groups is 1. The number of rotatable bonds is 4. The van der Waals surface area contributed by atoms with Crippen LogP contribution in [0.3, 0.4) is 0 Å². The molecule has 2 atom stereocenters. The van der Waals surface area contributed by atoms with Crippen molar-refractivity contribution in [2.24, 2.45) is 0 Å². The lowest BCUT2D eigenvalue weighted by molar-refractivity contribution is -0.130. The summed E-state index contributed by atoms with van der Waals surface area (Å²) in [5, 5.41) is 14.2. The number of aliphatic hydroxyl groups is 1. The maximum atomic E-state index is 12.3. The molecule has 7 nitrogen and oxygen atoms in total. The number of carbonyl (C=O) groups excluding carboxylic acids is 1. The number of likely N-dealkylation sites (N-methyl/N-ethyl adjacent to an activating group) is 1. The molecule has 2 aliphatic heterocycles. The SMILES string of the molecule is CN1CCN([C@@H]2CN(C(=O)CCc3cc(Cl)no3)C[C@H]2O)CC1. The van der Waals surface area contributed by atoms with Crippen molar-refractivity contribution in [1.29, 1.82) is 0 Å². The summed E-state index contributed by atoms with van der Waals surface area (Å²) in [6, 6.07) is 1.67. The van der Waals surface area contributed by atoms with Crippen molar-refractivity contribution >= 4 is 17.5 Å². The fraction of sp³-hybridized carbons (Fsp3) is 0.733. The highest BCUT2D eigenvalue weighted by Gasteiger charge is 2.38. The molecule has 3 rings (SSSR count). The van der Waals surface area contributed by atoms with E-state index in [2.05, 4.69) is 22.0 Å². The third-order valence-electron chi connectivity index (χ3n) is 4.73. The fourth-order valence-electron chi connectivity index (χ4n) is 3.28. The number of piperazine rings is 1. The third kappa shape index (κ3) is 4.03. The Labute approximate surface area is 140 Å². The number of likely N-dealkylation sites (tertiary alicyclic amines) is 1. The van der Waals surface area contributed by atoms with Gasteiger partial charge in [-0.3, -0.25) is 9.69 Å². The summed E-state index contributed by atoms with van der Waals surface area (Å²) in [7, 11) is 2.11. The van der Waals surface area contributed by atoms with E-state index in [1.807, 2.05) is 0 Å². The molecule has 2 saturated heterocycles. The Morgan fingerprint density at radius 2 is 2.13 bits per heavy atom. The second-order valence-corrected chi connectivity index (χ2v) is 6.78. The minimum absolute atomic E-state index is 0.0354. The molecule has 128 valence electrons.